The molecule has 1 atom stereocenters. The van der Waals surface area contributed by atoms with Gasteiger partial charge in [0.05, 0.1) is 0 Å². The molecule has 0 saturated carbocycles. The molecule has 94 valence electrons. The minimum absolute atomic E-state index is 0.638. The van der Waals surface area contributed by atoms with Crippen molar-refractivity contribution in [3.8, 4) is 0 Å². The molecule has 1 saturated heterocycles. The van der Waals surface area contributed by atoms with E-state index in [-0.39, 0.29) is 0 Å². The molecule has 1 fully saturated rings. The summed E-state index contributed by atoms with van der Waals surface area (Å²) in [4.78, 5) is 4.93. The van der Waals surface area contributed by atoms with Crippen LogP contribution in [-0.4, -0.2) is 37.6 Å². The van der Waals surface area contributed by atoms with E-state index in [1.807, 2.05) is 12.1 Å². The minimum atomic E-state index is 0.638. The number of anilines is 1. The zero-order valence-electron chi connectivity index (χ0n) is 10.9. The molecule has 0 bridgehead atoms. The maximum atomic E-state index is 5.93. The lowest BCUT2D eigenvalue weighted by molar-refractivity contribution is 0.173. The molecule has 2 rings (SSSR count). The smallest absolute Gasteiger partial charge is 0.0407 e. The fourth-order valence-electron chi connectivity index (χ4n) is 2.51. The monoisotopic (exact) mass is 252 g/mol. The minimum Gasteiger partial charge on any atom is -0.369 e. The van der Waals surface area contributed by atoms with Crippen molar-refractivity contribution in [1.82, 2.24) is 4.90 Å². The van der Waals surface area contributed by atoms with Crippen LogP contribution in [-0.2, 0) is 0 Å². The molecule has 0 aliphatic carbocycles. The fourth-order valence-corrected chi connectivity index (χ4v) is 2.63. The second kappa shape index (κ2) is 5.28. The van der Waals surface area contributed by atoms with Crippen molar-refractivity contribution < 1.29 is 0 Å². The molecule has 1 aliphatic heterocycles. The summed E-state index contributed by atoms with van der Waals surface area (Å²) in [7, 11) is 2.23. The number of rotatable bonds is 2. The van der Waals surface area contributed by atoms with Crippen LogP contribution in [0.1, 0.15) is 13.8 Å². The summed E-state index contributed by atoms with van der Waals surface area (Å²) in [6, 6.07) is 8.81. The molecule has 0 aromatic heterocycles. The first-order chi connectivity index (χ1) is 8.08. The fraction of sp³-hybridized carbons (Fsp3) is 0.571. The Labute approximate surface area is 109 Å². The molecular weight excluding hydrogens is 232 g/mol. The highest BCUT2D eigenvalue weighted by molar-refractivity contribution is 6.30. The van der Waals surface area contributed by atoms with Gasteiger partial charge in [-0.25, -0.2) is 0 Å². The molecule has 1 aliphatic rings. The largest absolute Gasteiger partial charge is 0.369 e. The van der Waals surface area contributed by atoms with Crippen LogP contribution in [0.25, 0.3) is 0 Å². The molecule has 0 N–H and O–H groups in total. The molecule has 0 radical (unpaired) electrons. The summed E-state index contributed by atoms with van der Waals surface area (Å²) >= 11 is 5.93. The second-order valence-electron chi connectivity index (χ2n) is 5.21. The van der Waals surface area contributed by atoms with Crippen LogP contribution in [0.3, 0.4) is 0 Å². The molecule has 1 heterocycles. The number of halogens is 1. The Morgan fingerprint density at radius 1 is 1.18 bits per heavy atom. The van der Waals surface area contributed by atoms with Gasteiger partial charge >= 0.3 is 0 Å². The van der Waals surface area contributed by atoms with E-state index in [9.17, 15) is 0 Å². The van der Waals surface area contributed by atoms with Crippen LogP contribution in [0.2, 0.25) is 5.02 Å². The van der Waals surface area contributed by atoms with Crippen molar-refractivity contribution in [1.29, 1.82) is 0 Å². The van der Waals surface area contributed by atoms with Gasteiger partial charge in [0.15, 0.2) is 0 Å². The molecule has 3 heteroatoms. The molecule has 0 amide bonds. The van der Waals surface area contributed by atoms with Gasteiger partial charge in [0.1, 0.15) is 0 Å². The van der Waals surface area contributed by atoms with Crippen LogP contribution in [0.4, 0.5) is 5.69 Å². The Morgan fingerprint density at radius 2 is 1.82 bits per heavy atom. The van der Waals surface area contributed by atoms with Crippen molar-refractivity contribution in [3.63, 3.8) is 0 Å². The van der Waals surface area contributed by atoms with Crippen molar-refractivity contribution >= 4 is 17.3 Å². The highest BCUT2D eigenvalue weighted by Crippen LogP contribution is 2.23. The van der Waals surface area contributed by atoms with Crippen LogP contribution in [0.5, 0.6) is 0 Å². The van der Waals surface area contributed by atoms with Crippen molar-refractivity contribution in [3.05, 3.63) is 29.3 Å². The molecule has 0 unspecified atom stereocenters. The third-order valence-corrected chi connectivity index (χ3v) is 3.91. The van der Waals surface area contributed by atoms with Gasteiger partial charge in [-0.2, -0.15) is 0 Å². The van der Waals surface area contributed by atoms with Gasteiger partial charge in [0, 0.05) is 36.4 Å². The van der Waals surface area contributed by atoms with E-state index in [4.69, 9.17) is 11.6 Å². The average molecular weight is 253 g/mol. The number of piperazine rings is 1. The normalized spacial score (nSPS) is 22.2. The van der Waals surface area contributed by atoms with Gasteiger partial charge < -0.3 is 4.90 Å². The molecule has 1 aromatic carbocycles. The average Bonchev–Trinajstić information content (AvgIpc) is 2.30. The number of hydrogen-bond acceptors (Lipinski definition) is 2. The summed E-state index contributed by atoms with van der Waals surface area (Å²) in [5, 5.41) is 0.809. The van der Waals surface area contributed by atoms with Crippen molar-refractivity contribution in [2.45, 2.75) is 19.9 Å². The van der Waals surface area contributed by atoms with Gasteiger partial charge in [-0.05, 0) is 37.2 Å². The lowest BCUT2D eigenvalue weighted by atomic mass is 10.00. The van der Waals surface area contributed by atoms with E-state index in [2.05, 4.69) is 42.8 Å². The van der Waals surface area contributed by atoms with Crippen molar-refractivity contribution in [2.75, 3.05) is 31.6 Å². The van der Waals surface area contributed by atoms with E-state index < -0.39 is 0 Å². The van der Waals surface area contributed by atoms with E-state index in [1.54, 1.807) is 0 Å². The van der Waals surface area contributed by atoms with Gasteiger partial charge in [0.25, 0.3) is 0 Å². The third-order valence-electron chi connectivity index (χ3n) is 3.66. The zero-order valence-corrected chi connectivity index (χ0v) is 11.6. The number of likely N-dealkylation sites (N-methyl/N-ethyl adjacent to an activating group) is 1. The van der Waals surface area contributed by atoms with Crippen LogP contribution >= 0.6 is 11.6 Å². The van der Waals surface area contributed by atoms with Crippen LogP contribution in [0, 0.1) is 5.92 Å². The Hall–Kier alpha value is -0.730. The first-order valence-corrected chi connectivity index (χ1v) is 6.66. The Bertz CT molecular complexity index is 361. The van der Waals surface area contributed by atoms with Gasteiger partial charge in [-0.15, -0.1) is 0 Å². The lowest BCUT2D eigenvalue weighted by Gasteiger charge is -2.42. The number of benzene rings is 1. The maximum absolute atomic E-state index is 5.93. The van der Waals surface area contributed by atoms with E-state index >= 15 is 0 Å². The number of hydrogen-bond donors (Lipinski definition) is 0. The van der Waals surface area contributed by atoms with Crippen molar-refractivity contribution in [2.24, 2.45) is 5.92 Å². The van der Waals surface area contributed by atoms with Gasteiger partial charge in [0.2, 0.25) is 0 Å². The number of nitrogens with zero attached hydrogens (tertiary/aromatic N) is 2. The summed E-state index contributed by atoms with van der Waals surface area (Å²) in [6.07, 6.45) is 0. The standard InChI is InChI=1S/C14H21ClN2/c1-11(2)14-10-17(9-8-16(14)3)13-6-4-12(15)5-7-13/h4-7,11,14H,8-10H2,1-3H3/t14-/m0/s1. The molecule has 2 nitrogen and oxygen atoms in total. The van der Waals surface area contributed by atoms with E-state index in [0.29, 0.717) is 12.0 Å². The summed E-state index contributed by atoms with van der Waals surface area (Å²) in [5.74, 6) is 0.690. The molecule has 17 heavy (non-hydrogen) atoms. The Balaban J connectivity index is 2.10. The van der Waals surface area contributed by atoms with E-state index in [1.165, 1.54) is 5.69 Å². The Kier molecular flexibility index (Phi) is 3.95. The predicted octanol–water partition coefficient (Wildman–Crippen LogP) is 3.12. The maximum Gasteiger partial charge on any atom is 0.0407 e. The third kappa shape index (κ3) is 2.93. The first-order valence-electron chi connectivity index (χ1n) is 6.28. The Morgan fingerprint density at radius 3 is 2.41 bits per heavy atom. The summed E-state index contributed by atoms with van der Waals surface area (Å²) in [5.41, 5.74) is 1.29. The second-order valence-corrected chi connectivity index (χ2v) is 5.65. The summed E-state index contributed by atoms with van der Waals surface area (Å²) < 4.78 is 0. The quantitative estimate of drug-likeness (QED) is 0.798. The molecule has 0 spiro atoms. The highest BCUT2D eigenvalue weighted by Gasteiger charge is 2.26. The predicted molar refractivity (Wildman–Crippen MR) is 74.9 cm³/mol. The summed E-state index contributed by atoms with van der Waals surface area (Å²) in [6.45, 7) is 7.93. The highest BCUT2D eigenvalue weighted by atomic mass is 35.5. The first kappa shape index (κ1) is 12.7. The SMILES string of the molecule is CC(C)[C@@H]1CN(c2ccc(Cl)cc2)CCN1C. The van der Waals surface area contributed by atoms with E-state index in [0.717, 1.165) is 24.7 Å². The molecule has 1 aromatic rings. The lowest BCUT2D eigenvalue weighted by Crippen LogP contribution is -2.53. The molecular formula is C14H21ClN2. The van der Waals surface area contributed by atoms with Crippen LogP contribution in [0.15, 0.2) is 24.3 Å². The zero-order chi connectivity index (χ0) is 12.4. The van der Waals surface area contributed by atoms with Gasteiger partial charge in [-0.3, -0.25) is 4.90 Å². The topological polar surface area (TPSA) is 6.48 Å². The van der Waals surface area contributed by atoms with Gasteiger partial charge in [-0.1, -0.05) is 25.4 Å². The van der Waals surface area contributed by atoms with Crippen LogP contribution < -0.4 is 4.90 Å².